The van der Waals surface area contributed by atoms with Gasteiger partial charge in [-0.15, -0.1) is 0 Å². The van der Waals surface area contributed by atoms with Gasteiger partial charge in [-0.1, -0.05) is 40.5 Å². The summed E-state index contributed by atoms with van der Waals surface area (Å²) in [6.07, 6.45) is 3.57. The molecule has 2 N–H and O–H groups in total. The number of hydrogen-bond acceptors (Lipinski definition) is 2. The van der Waals surface area contributed by atoms with E-state index in [0.717, 1.165) is 12.8 Å². The zero-order valence-electron chi connectivity index (χ0n) is 11.0. The summed E-state index contributed by atoms with van der Waals surface area (Å²) in [7, 11) is 0. The van der Waals surface area contributed by atoms with E-state index in [0.29, 0.717) is 25.2 Å². The minimum Gasteiger partial charge on any atom is -0.479 e. The molecule has 0 rings (SSSR count). The van der Waals surface area contributed by atoms with E-state index in [9.17, 15) is 15.0 Å². The van der Waals surface area contributed by atoms with Crippen LogP contribution >= 0.6 is 0 Å². The molecular weight excluding hydrogens is 204 g/mol. The quantitative estimate of drug-likeness (QED) is 0.673. The van der Waals surface area contributed by atoms with E-state index in [2.05, 4.69) is 13.8 Å². The fraction of sp³-hybridized carbons (Fsp3) is 0.923. The summed E-state index contributed by atoms with van der Waals surface area (Å²) in [5, 5.41) is 19.5. The first-order chi connectivity index (χ1) is 7.42. The number of carboxylic acid groups (broad SMARTS) is 1. The predicted octanol–water partition coefficient (Wildman–Crippen LogP) is 3.06. The minimum absolute atomic E-state index is 0.139. The maximum Gasteiger partial charge on any atom is 0.335 e. The Bertz CT molecular complexity index is 215. The lowest BCUT2D eigenvalue weighted by Gasteiger charge is -2.33. The average molecular weight is 230 g/mol. The average Bonchev–Trinajstić information content (AvgIpc) is 2.25. The van der Waals surface area contributed by atoms with Crippen LogP contribution in [-0.4, -0.2) is 21.8 Å². The molecule has 0 spiro atoms. The van der Waals surface area contributed by atoms with E-state index in [-0.39, 0.29) is 5.92 Å². The van der Waals surface area contributed by atoms with E-state index in [1.165, 1.54) is 0 Å². The lowest BCUT2D eigenvalue weighted by molar-refractivity contribution is -0.167. The molecule has 0 aliphatic carbocycles. The van der Waals surface area contributed by atoms with E-state index >= 15 is 0 Å². The van der Waals surface area contributed by atoms with Crippen molar-refractivity contribution in [1.82, 2.24) is 0 Å². The van der Waals surface area contributed by atoms with E-state index in [1.807, 2.05) is 13.8 Å². The van der Waals surface area contributed by atoms with Crippen molar-refractivity contribution < 1.29 is 15.0 Å². The van der Waals surface area contributed by atoms with Crippen LogP contribution in [0.3, 0.4) is 0 Å². The highest BCUT2D eigenvalue weighted by Crippen LogP contribution is 2.32. The summed E-state index contributed by atoms with van der Waals surface area (Å²) in [5.74, 6) is -0.739. The van der Waals surface area contributed by atoms with Crippen molar-refractivity contribution >= 4 is 5.97 Å². The number of carboxylic acids is 1. The van der Waals surface area contributed by atoms with Gasteiger partial charge < -0.3 is 10.2 Å². The topological polar surface area (TPSA) is 57.5 Å². The Morgan fingerprint density at radius 2 is 1.81 bits per heavy atom. The highest BCUT2D eigenvalue weighted by Gasteiger charge is 2.42. The van der Waals surface area contributed by atoms with Crippen molar-refractivity contribution in [3.63, 3.8) is 0 Å². The van der Waals surface area contributed by atoms with Crippen molar-refractivity contribution in [3.8, 4) is 0 Å². The first-order valence-corrected chi connectivity index (χ1v) is 6.38. The fourth-order valence-electron chi connectivity index (χ4n) is 2.22. The lowest BCUT2D eigenvalue weighted by atomic mass is 9.76. The van der Waals surface area contributed by atoms with Crippen LogP contribution in [-0.2, 0) is 4.79 Å². The molecule has 0 aromatic heterocycles. The van der Waals surface area contributed by atoms with Crippen molar-refractivity contribution in [2.45, 2.75) is 65.4 Å². The molecule has 3 heteroatoms. The van der Waals surface area contributed by atoms with Gasteiger partial charge in [0.15, 0.2) is 5.60 Å². The molecule has 0 fully saturated rings. The van der Waals surface area contributed by atoms with Crippen molar-refractivity contribution in [1.29, 1.82) is 0 Å². The number of aliphatic hydroxyl groups is 1. The molecule has 0 bridgehead atoms. The molecule has 0 aromatic rings. The number of carbonyl (C=O) groups is 1. The molecule has 3 nitrogen and oxygen atoms in total. The maximum absolute atomic E-state index is 11.2. The monoisotopic (exact) mass is 230 g/mol. The van der Waals surface area contributed by atoms with Gasteiger partial charge in [0.05, 0.1) is 0 Å². The summed E-state index contributed by atoms with van der Waals surface area (Å²) in [6.45, 7) is 8.06. The van der Waals surface area contributed by atoms with Crippen molar-refractivity contribution in [2.75, 3.05) is 0 Å². The second-order valence-electron chi connectivity index (χ2n) is 4.83. The zero-order valence-corrected chi connectivity index (χ0v) is 11.0. The third-order valence-corrected chi connectivity index (χ3v) is 3.55. The van der Waals surface area contributed by atoms with Crippen LogP contribution in [0.4, 0.5) is 0 Å². The van der Waals surface area contributed by atoms with Gasteiger partial charge in [0, 0.05) is 0 Å². The van der Waals surface area contributed by atoms with Gasteiger partial charge in [-0.05, 0) is 31.1 Å². The van der Waals surface area contributed by atoms with Crippen LogP contribution in [0.25, 0.3) is 0 Å². The Hall–Kier alpha value is -0.570. The number of aliphatic carboxylic acids is 1. The van der Waals surface area contributed by atoms with E-state index in [4.69, 9.17) is 0 Å². The van der Waals surface area contributed by atoms with Crippen molar-refractivity contribution in [3.05, 3.63) is 0 Å². The van der Waals surface area contributed by atoms with E-state index < -0.39 is 11.6 Å². The zero-order chi connectivity index (χ0) is 12.8. The molecule has 0 aromatic carbocycles. The molecule has 0 saturated carbocycles. The van der Waals surface area contributed by atoms with Gasteiger partial charge in [0.25, 0.3) is 0 Å². The lowest BCUT2D eigenvalue weighted by Crippen LogP contribution is -2.46. The van der Waals surface area contributed by atoms with Crippen LogP contribution in [0.5, 0.6) is 0 Å². The first kappa shape index (κ1) is 15.4. The molecule has 0 radical (unpaired) electrons. The standard InChI is InChI=1S/C13H26O3/c1-5-8-13(16,12(14)15)11(7-3)9-10(4)6-2/h10-11,16H,5-9H2,1-4H3,(H,14,15). The van der Waals surface area contributed by atoms with Crippen LogP contribution in [0.2, 0.25) is 0 Å². The highest BCUT2D eigenvalue weighted by molar-refractivity contribution is 5.77. The predicted molar refractivity (Wildman–Crippen MR) is 65.3 cm³/mol. The smallest absolute Gasteiger partial charge is 0.335 e. The van der Waals surface area contributed by atoms with Gasteiger partial charge >= 0.3 is 5.97 Å². The van der Waals surface area contributed by atoms with Crippen molar-refractivity contribution in [2.24, 2.45) is 11.8 Å². The summed E-state index contributed by atoms with van der Waals surface area (Å²) in [5.41, 5.74) is -1.53. The van der Waals surface area contributed by atoms with Gasteiger partial charge in [-0.2, -0.15) is 0 Å². The summed E-state index contributed by atoms with van der Waals surface area (Å²) < 4.78 is 0. The number of hydrogen-bond donors (Lipinski definition) is 2. The summed E-state index contributed by atoms with van der Waals surface area (Å²) in [4.78, 5) is 11.2. The molecule has 3 unspecified atom stereocenters. The Morgan fingerprint density at radius 1 is 1.25 bits per heavy atom. The summed E-state index contributed by atoms with van der Waals surface area (Å²) >= 11 is 0. The largest absolute Gasteiger partial charge is 0.479 e. The van der Waals surface area contributed by atoms with E-state index in [1.54, 1.807) is 0 Å². The normalized spacial score (nSPS) is 18.8. The summed E-state index contributed by atoms with van der Waals surface area (Å²) in [6, 6.07) is 0. The second-order valence-corrected chi connectivity index (χ2v) is 4.83. The van der Waals surface area contributed by atoms with Crippen LogP contribution in [0.15, 0.2) is 0 Å². The molecule has 96 valence electrons. The fourth-order valence-corrected chi connectivity index (χ4v) is 2.22. The molecule has 0 amide bonds. The first-order valence-electron chi connectivity index (χ1n) is 6.38. The second kappa shape index (κ2) is 6.89. The third-order valence-electron chi connectivity index (χ3n) is 3.55. The van der Waals surface area contributed by atoms with Gasteiger partial charge in [-0.3, -0.25) is 0 Å². The number of rotatable bonds is 8. The Kier molecular flexibility index (Phi) is 6.65. The molecule has 0 saturated heterocycles. The molecule has 0 heterocycles. The molecule has 3 atom stereocenters. The van der Waals surface area contributed by atoms with Gasteiger partial charge in [0.2, 0.25) is 0 Å². The Labute approximate surface area is 98.9 Å². The molecule has 16 heavy (non-hydrogen) atoms. The molecular formula is C13H26O3. The van der Waals surface area contributed by atoms with Crippen LogP contribution in [0, 0.1) is 11.8 Å². The molecule has 0 aliphatic heterocycles. The maximum atomic E-state index is 11.2. The van der Waals surface area contributed by atoms with Gasteiger partial charge in [-0.25, -0.2) is 4.79 Å². The van der Waals surface area contributed by atoms with Crippen LogP contribution in [0.1, 0.15) is 59.8 Å². The Balaban J connectivity index is 4.77. The molecule has 0 aliphatic rings. The Morgan fingerprint density at radius 3 is 2.12 bits per heavy atom. The highest BCUT2D eigenvalue weighted by atomic mass is 16.4. The third kappa shape index (κ3) is 3.78. The SMILES string of the molecule is CCCC(O)(C(=O)O)C(CC)CC(C)CC. The minimum atomic E-state index is -1.53. The van der Waals surface area contributed by atoms with Gasteiger partial charge in [0.1, 0.15) is 0 Å². The van der Waals surface area contributed by atoms with Crippen LogP contribution < -0.4 is 0 Å².